The van der Waals surface area contributed by atoms with Gasteiger partial charge >= 0.3 is 0 Å². The Hall–Kier alpha value is -1.37. The Kier molecular flexibility index (Phi) is 5.03. The van der Waals surface area contributed by atoms with E-state index in [1.807, 2.05) is 18.9 Å². The van der Waals surface area contributed by atoms with Gasteiger partial charge < -0.3 is 10.2 Å². The standard InChI is InChI=1S/C14H24N4O2S/c1-4-6-12-13(15-5-2)16-10-17-14(12)18(3)11-7-8-21(19,20)9-11/h10-11H,4-9H2,1-3H3,(H,15,16,17). The first-order chi connectivity index (χ1) is 9.98. The van der Waals surface area contributed by atoms with Gasteiger partial charge in [-0.1, -0.05) is 13.3 Å². The van der Waals surface area contributed by atoms with Crippen LogP contribution < -0.4 is 10.2 Å². The molecule has 0 aromatic carbocycles. The highest BCUT2D eigenvalue weighted by Gasteiger charge is 2.32. The van der Waals surface area contributed by atoms with Gasteiger partial charge in [0.2, 0.25) is 0 Å². The molecular formula is C14H24N4O2S. The maximum atomic E-state index is 11.7. The van der Waals surface area contributed by atoms with Crippen molar-refractivity contribution in [1.29, 1.82) is 0 Å². The molecule has 7 heteroatoms. The Morgan fingerprint density at radius 3 is 2.71 bits per heavy atom. The van der Waals surface area contributed by atoms with E-state index in [0.29, 0.717) is 6.42 Å². The number of anilines is 2. The van der Waals surface area contributed by atoms with Gasteiger partial charge in [0.15, 0.2) is 9.84 Å². The molecule has 1 aliphatic rings. The summed E-state index contributed by atoms with van der Waals surface area (Å²) in [7, 11) is -0.961. The molecule has 1 aromatic heterocycles. The number of nitrogens with zero attached hydrogens (tertiary/aromatic N) is 3. The predicted molar refractivity (Wildman–Crippen MR) is 85.7 cm³/mol. The fourth-order valence-corrected chi connectivity index (χ4v) is 4.54. The Morgan fingerprint density at radius 2 is 2.14 bits per heavy atom. The highest BCUT2D eigenvalue weighted by atomic mass is 32.2. The van der Waals surface area contributed by atoms with Gasteiger partial charge in [0.05, 0.1) is 11.5 Å². The van der Waals surface area contributed by atoms with Crippen LogP contribution in [0.3, 0.4) is 0 Å². The van der Waals surface area contributed by atoms with Crippen LogP contribution in [-0.2, 0) is 16.3 Å². The number of hydrogen-bond acceptors (Lipinski definition) is 6. The highest BCUT2D eigenvalue weighted by Crippen LogP contribution is 2.28. The summed E-state index contributed by atoms with van der Waals surface area (Å²) in [5, 5.41) is 3.27. The average Bonchev–Trinajstić information content (AvgIpc) is 2.81. The van der Waals surface area contributed by atoms with Crippen LogP contribution in [0.4, 0.5) is 11.6 Å². The van der Waals surface area contributed by atoms with Gasteiger partial charge in [-0.15, -0.1) is 0 Å². The van der Waals surface area contributed by atoms with Gasteiger partial charge in [-0.05, 0) is 19.8 Å². The first kappa shape index (κ1) is 16.0. The minimum Gasteiger partial charge on any atom is -0.370 e. The van der Waals surface area contributed by atoms with Gasteiger partial charge in [0.25, 0.3) is 0 Å². The van der Waals surface area contributed by atoms with Crippen LogP contribution in [0.5, 0.6) is 0 Å². The van der Waals surface area contributed by atoms with Crippen molar-refractivity contribution in [3.8, 4) is 0 Å². The van der Waals surface area contributed by atoms with E-state index in [9.17, 15) is 8.42 Å². The lowest BCUT2D eigenvalue weighted by Crippen LogP contribution is -2.34. The van der Waals surface area contributed by atoms with Crippen molar-refractivity contribution < 1.29 is 8.42 Å². The average molecular weight is 312 g/mol. The third-order valence-corrected chi connectivity index (χ3v) is 5.61. The lowest BCUT2D eigenvalue weighted by Gasteiger charge is -2.27. The molecule has 6 nitrogen and oxygen atoms in total. The van der Waals surface area contributed by atoms with Gasteiger partial charge in [-0.25, -0.2) is 18.4 Å². The minimum absolute atomic E-state index is 0.00924. The molecule has 1 N–H and O–H groups in total. The molecule has 0 spiro atoms. The van der Waals surface area contributed by atoms with Gasteiger partial charge in [-0.3, -0.25) is 0 Å². The zero-order valence-corrected chi connectivity index (χ0v) is 13.8. The normalized spacial score (nSPS) is 20.4. The van der Waals surface area contributed by atoms with Crippen LogP contribution in [-0.4, -0.2) is 49.5 Å². The van der Waals surface area contributed by atoms with Crippen molar-refractivity contribution in [3.05, 3.63) is 11.9 Å². The predicted octanol–water partition coefficient (Wildman–Crippen LogP) is 1.48. The first-order valence-corrected chi connectivity index (χ1v) is 9.31. The molecule has 0 amide bonds. The third-order valence-electron chi connectivity index (χ3n) is 3.86. The van der Waals surface area contributed by atoms with E-state index in [2.05, 4.69) is 22.2 Å². The van der Waals surface area contributed by atoms with Crippen molar-refractivity contribution in [1.82, 2.24) is 9.97 Å². The molecule has 21 heavy (non-hydrogen) atoms. The Morgan fingerprint density at radius 1 is 1.38 bits per heavy atom. The largest absolute Gasteiger partial charge is 0.370 e. The van der Waals surface area contributed by atoms with Gasteiger partial charge in [-0.2, -0.15) is 0 Å². The second-order valence-corrected chi connectivity index (χ2v) is 7.70. The summed E-state index contributed by atoms with van der Waals surface area (Å²) < 4.78 is 23.4. The number of hydrogen-bond donors (Lipinski definition) is 1. The second-order valence-electron chi connectivity index (χ2n) is 5.47. The summed E-state index contributed by atoms with van der Waals surface area (Å²) in [6, 6.07) is 0.00924. The van der Waals surface area contributed by atoms with E-state index < -0.39 is 9.84 Å². The van der Waals surface area contributed by atoms with Crippen LogP contribution in [0.1, 0.15) is 32.3 Å². The zero-order chi connectivity index (χ0) is 15.5. The SMILES string of the molecule is CCCc1c(NCC)ncnc1N(C)C1CCS(=O)(=O)C1. The smallest absolute Gasteiger partial charge is 0.152 e. The lowest BCUT2D eigenvalue weighted by atomic mass is 10.1. The molecule has 1 saturated heterocycles. The van der Waals surface area contributed by atoms with E-state index in [-0.39, 0.29) is 17.5 Å². The van der Waals surface area contributed by atoms with E-state index in [0.717, 1.165) is 36.6 Å². The molecule has 1 atom stereocenters. The molecule has 1 unspecified atom stereocenters. The minimum atomic E-state index is -2.89. The molecular weight excluding hydrogens is 288 g/mol. The first-order valence-electron chi connectivity index (χ1n) is 7.49. The van der Waals surface area contributed by atoms with E-state index in [4.69, 9.17) is 0 Å². The van der Waals surface area contributed by atoms with Crippen molar-refractivity contribution in [2.24, 2.45) is 0 Å². The van der Waals surface area contributed by atoms with Gasteiger partial charge in [0, 0.05) is 25.2 Å². The zero-order valence-electron chi connectivity index (χ0n) is 13.0. The summed E-state index contributed by atoms with van der Waals surface area (Å²) >= 11 is 0. The number of aromatic nitrogens is 2. The molecule has 2 rings (SSSR count). The number of nitrogens with one attached hydrogen (secondary N) is 1. The number of rotatable bonds is 6. The van der Waals surface area contributed by atoms with Gasteiger partial charge in [0.1, 0.15) is 18.0 Å². The quantitative estimate of drug-likeness (QED) is 0.857. The van der Waals surface area contributed by atoms with E-state index in [1.54, 1.807) is 6.33 Å². The van der Waals surface area contributed by atoms with Crippen LogP contribution >= 0.6 is 0 Å². The second kappa shape index (κ2) is 6.60. The molecule has 2 heterocycles. The Balaban J connectivity index is 2.31. The van der Waals surface area contributed by atoms with Crippen LogP contribution in [0, 0.1) is 0 Å². The van der Waals surface area contributed by atoms with E-state index in [1.165, 1.54) is 0 Å². The van der Waals surface area contributed by atoms with Crippen LogP contribution in [0.15, 0.2) is 6.33 Å². The van der Waals surface area contributed by atoms with Crippen molar-refractivity contribution in [3.63, 3.8) is 0 Å². The molecule has 1 aromatic rings. The topological polar surface area (TPSA) is 75.2 Å². The maximum Gasteiger partial charge on any atom is 0.152 e. The summed E-state index contributed by atoms with van der Waals surface area (Å²) in [4.78, 5) is 10.7. The maximum absolute atomic E-state index is 11.7. The summed E-state index contributed by atoms with van der Waals surface area (Å²) in [5.41, 5.74) is 1.08. The molecule has 0 aliphatic carbocycles. The van der Waals surface area contributed by atoms with Crippen molar-refractivity contribution in [2.45, 2.75) is 39.2 Å². The molecule has 1 aliphatic heterocycles. The third kappa shape index (κ3) is 3.64. The molecule has 0 bridgehead atoms. The number of sulfone groups is 1. The fourth-order valence-electron chi connectivity index (χ4n) is 2.76. The lowest BCUT2D eigenvalue weighted by molar-refractivity contribution is 0.600. The van der Waals surface area contributed by atoms with Crippen molar-refractivity contribution in [2.75, 3.05) is 35.3 Å². The monoisotopic (exact) mass is 312 g/mol. The molecule has 1 fully saturated rings. The van der Waals surface area contributed by atoms with Crippen molar-refractivity contribution >= 4 is 21.5 Å². The van der Waals surface area contributed by atoms with E-state index >= 15 is 0 Å². The fraction of sp³-hybridized carbons (Fsp3) is 0.714. The molecule has 0 radical (unpaired) electrons. The Labute approximate surface area is 126 Å². The molecule has 0 saturated carbocycles. The molecule has 118 valence electrons. The summed E-state index contributed by atoms with van der Waals surface area (Å²) in [5.74, 6) is 2.20. The summed E-state index contributed by atoms with van der Waals surface area (Å²) in [6.45, 7) is 4.95. The Bertz CT molecular complexity index is 589. The van der Waals surface area contributed by atoms with Crippen LogP contribution in [0.2, 0.25) is 0 Å². The van der Waals surface area contributed by atoms with Crippen LogP contribution in [0.25, 0.3) is 0 Å². The highest BCUT2D eigenvalue weighted by molar-refractivity contribution is 7.91. The summed E-state index contributed by atoms with van der Waals surface area (Å²) in [6.07, 6.45) is 4.09.